The lowest BCUT2D eigenvalue weighted by atomic mass is 10.3. The van der Waals surface area contributed by atoms with Crippen molar-refractivity contribution in [1.82, 2.24) is 19.6 Å². The molecule has 0 fully saturated rings. The number of pyridine rings is 1. The van der Waals surface area contributed by atoms with Gasteiger partial charge in [0, 0.05) is 6.20 Å². The van der Waals surface area contributed by atoms with Crippen molar-refractivity contribution in [1.29, 1.82) is 0 Å². The molecule has 0 saturated carbocycles. The molecule has 1 atom stereocenters. The highest BCUT2D eigenvalue weighted by atomic mass is 35.5. The third-order valence-electron chi connectivity index (χ3n) is 2.65. The average molecular weight is 278 g/mol. The minimum Gasteiger partial charge on any atom is -0.444 e. The number of halogens is 1. The summed E-state index contributed by atoms with van der Waals surface area (Å²) in [6.45, 7) is 3.79. The van der Waals surface area contributed by atoms with Crippen LogP contribution in [0.25, 0.3) is 5.65 Å². The molecule has 0 bridgehead atoms. The second-order valence-electron chi connectivity index (χ2n) is 4.26. The molecule has 0 aliphatic carbocycles. The van der Waals surface area contributed by atoms with Crippen LogP contribution in [0, 0.1) is 6.92 Å². The SMILES string of the molecule is Cc1cnc(C(C)Nc2nc3ccc(Cl)cn3n2)o1. The van der Waals surface area contributed by atoms with Crippen LogP contribution in [0.2, 0.25) is 5.02 Å². The van der Waals surface area contributed by atoms with Crippen LogP contribution in [0.15, 0.2) is 28.9 Å². The number of rotatable bonds is 3. The van der Waals surface area contributed by atoms with Gasteiger partial charge in [-0.05, 0) is 26.0 Å². The third kappa shape index (κ3) is 2.39. The van der Waals surface area contributed by atoms with Gasteiger partial charge in [-0.1, -0.05) is 11.6 Å². The molecule has 3 aromatic heterocycles. The Kier molecular flexibility index (Phi) is 2.87. The maximum Gasteiger partial charge on any atom is 0.243 e. The van der Waals surface area contributed by atoms with Gasteiger partial charge in [0.25, 0.3) is 0 Å². The van der Waals surface area contributed by atoms with Crippen LogP contribution < -0.4 is 5.32 Å². The van der Waals surface area contributed by atoms with Gasteiger partial charge >= 0.3 is 0 Å². The Labute approximate surface area is 114 Å². The molecule has 19 heavy (non-hydrogen) atoms. The zero-order chi connectivity index (χ0) is 13.4. The van der Waals surface area contributed by atoms with Gasteiger partial charge in [0.15, 0.2) is 5.65 Å². The number of aryl methyl sites for hydroxylation is 1. The van der Waals surface area contributed by atoms with Crippen LogP contribution in [0.3, 0.4) is 0 Å². The summed E-state index contributed by atoms with van der Waals surface area (Å²) in [4.78, 5) is 8.51. The molecule has 1 N–H and O–H groups in total. The second-order valence-corrected chi connectivity index (χ2v) is 4.70. The summed E-state index contributed by atoms with van der Waals surface area (Å²) in [5, 5.41) is 8.04. The molecule has 0 aliphatic heterocycles. The van der Waals surface area contributed by atoms with E-state index in [1.54, 1.807) is 29.0 Å². The summed E-state index contributed by atoms with van der Waals surface area (Å²) in [6, 6.07) is 3.47. The first-order chi connectivity index (χ1) is 9.11. The number of hydrogen-bond acceptors (Lipinski definition) is 5. The highest BCUT2D eigenvalue weighted by molar-refractivity contribution is 6.30. The summed E-state index contributed by atoms with van der Waals surface area (Å²) >= 11 is 5.90. The largest absolute Gasteiger partial charge is 0.444 e. The van der Waals surface area contributed by atoms with Crippen molar-refractivity contribution < 1.29 is 4.42 Å². The molecule has 0 spiro atoms. The molecule has 1 unspecified atom stereocenters. The van der Waals surface area contributed by atoms with Gasteiger partial charge in [0.1, 0.15) is 11.8 Å². The number of nitrogens with one attached hydrogen (secondary N) is 1. The lowest BCUT2D eigenvalue weighted by molar-refractivity contribution is 0.453. The molecule has 6 nitrogen and oxygen atoms in total. The van der Waals surface area contributed by atoms with E-state index in [1.165, 1.54) is 0 Å². The average Bonchev–Trinajstić information content (AvgIpc) is 2.94. The molecule has 7 heteroatoms. The maximum absolute atomic E-state index is 5.90. The first-order valence-corrected chi connectivity index (χ1v) is 6.20. The Bertz CT molecular complexity index is 720. The fourth-order valence-electron chi connectivity index (χ4n) is 1.75. The van der Waals surface area contributed by atoms with Crippen molar-refractivity contribution in [3.05, 3.63) is 41.2 Å². The predicted molar refractivity (Wildman–Crippen MR) is 71.3 cm³/mol. The lowest BCUT2D eigenvalue weighted by Gasteiger charge is -2.07. The Morgan fingerprint density at radius 3 is 3.00 bits per heavy atom. The summed E-state index contributed by atoms with van der Waals surface area (Å²) < 4.78 is 7.08. The number of nitrogens with zero attached hydrogens (tertiary/aromatic N) is 4. The lowest BCUT2D eigenvalue weighted by Crippen LogP contribution is -2.08. The van der Waals surface area contributed by atoms with E-state index in [-0.39, 0.29) is 6.04 Å². The minimum atomic E-state index is -0.110. The third-order valence-corrected chi connectivity index (χ3v) is 2.87. The van der Waals surface area contributed by atoms with Gasteiger partial charge in [0.05, 0.1) is 11.2 Å². The molecule has 0 aliphatic rings. The molecule has 3 rings (SSSR count). The quantitative estimate of drug-likeness (QED) is 0.797. The molecule has 0 aromatic carbocycles. The summed E-state index contributed by atoms with van der Waals surface area (Å²) in [7, 11) is 0. The molecule has 3 aromatic rings. The van der Waals surface area contributed by atoms with Crippen molar-refractivity contribution in [3.8, 4) is 0 Å². The van der Waals surface area contributed by atoms with E-state index in [1.807, 2.05) is 13.8 Å². The summed E-state index contributed by atoms with van der Waals surface area (Å²) in [5.74, 6) is 1.89. The Morgan fingerprint density at radius 2 is 2.26 bits per heavy atom. The molecular formula is C12H12ClN5O. The highest BCUT2D eigenvalue weighted by Crippen LogP contribution is 2.18. The molecular weight excluding hydrogens is 266 g/mol. The van der Waals surface area contributed by atoms with Gasteiger partial charge in [-0.3, -0.25) is 0 Å². The van der Waals surface area contributed by atoms with Gasteiger partial charge in [-0.25, -0.2) is 9.50 Å². The Balaban J connectivity index is 1.85. The van der Waals surface area contributed by atoms with E-state index < -0.39 is 0 Å². The molecule has 0 amide bonds. The predicted octanol–water partition coefficient (Wildman–Crippen LogP) is 2.85. The standard InChI is InChI=1S/C12H12ClN5O/c1-7-5-14-11(19-7)8(2)15-12-16-10-4-3-9(13)6-18(10)17-12/h3-6,8H,1-2H3,(H,15,17). The number of anilines is 1. The van der Waals surface area contributed by atoms with E-state index in [2.05, 4.69) is 20.4 Å². The van der Waals surface area contributed by atoms with Gasteiger partial charge in [-0.2, -0.15) is 4.98 Å². The van der Waals surface area contributed by atoms with Crippen LogP contribution in [0.1, 0.15) is 24.6 Å². The van der Waals surface area contributed by atoms with E-state index in [0.717, 1.165) is 11.4 Å². The minimum absolute atomic E-state index is 0.110. The molecule has 0 saturated heterocycles. The van der Waals surface area contributed by atoms with Crippen LogP contribution in [0.5, 0.6) is 0 Å². The first-order valence-electron chi connectivity index (χ1n) is 5.82. The number of oxazole rings is 1. The highest BCUT2D eigenvalue weighted by Gasteiger charge is 2.13. The topological polar surface area (TPSA) is 68.2 Å². The fourth-order valence-corrected chi connectivity index (χ4v) is 1.90. The number of hydrogen-bond donors (Lipinski definition) is 1. The Hall–Kier alpha value is -2.08. The van der Waals surface area contributed by atoms with E-state index in [9.17, 15) is 0 Å². The van der Waals surface area contributed by atoms with Crippen LogP contribution in [0.4, 0.5) is 5.95 Å². The van der Waals surface area contributed by atoms with Crippen molar-refractivity contribution in [2.75, 3.05) is 5.32 Å². The van der Waals surface area contributed by atoms with Crippen molar-refractivity contribution in [2.24, 2.45) is 0 Å². The van der Waals surface area contributed by atoms with Gasteiger partial charge in [-0.15, -0.1) is 5.10 Å². The van der Waals surface area contributed by atoms with Crippen LogP contribution in [-0.2, 0) is 0 Å². The maximum atomic E-state index is 5.90. The number of aromatic nitrogens is 4. The summed E-state index contributed by atoms with van der Waals surface area (Å²) in [6.07, 6.45) is 3.39. The Morgan fingerprint density at radius 1 is 1.42 bits per heavy atom. The van der Waals surface area contributed by atoms with E-state index in [4.69, 9.17) is 16.0 Å². The second kappa shape index (κ2) is 4.55. The molecule has 3 heterocycles. The van der Waals surface area contributed by atoms with Gasteiger partial charge < -0.3 is 9.73 Å². The van der Waals surface area contributed by atoms with Crippen LogP contribution in [-0.4, -0.2) is 19.6 Å². The molecule has 98 valence electrons. The first kappa shape index (κ1) is 12.0. The number of fused-ring (bicyclic) bond motifs is 1. The van der Waals surface area contributed by atoms with Gasteiger partial charge in [0.2, 0.25) is 11.8 Å². The monoisotopic (exact) mass is 277 g/mol. The van der Waals surface area contributed by atoms with Crippen molar-refractivity contribution in [3.63, 3.8) is 0 Å². The van der Waals surface area contributed by atoms with Crippen molar-refractivity contribution in [2.45, 2.75) is 19.9 Å². The molecule has 0 radical (unpaired) electrons. The normalized spacial score (nSPS) is 12.8. The summed E-state index contributed by atoms with van der Waals surface area (Å²) in [5.41, 5.74) is 0.725. The van der Waals surface area contributed by atoms with E-state index >= 15 is 0 Å². The fraction of sp³-hybridized carbons (Fsp3) is 0.250. The van der Waals surface area contributed by atoms with E-state index in [0.29, 0.717) is 16.9 Å². The van der Waals surface area contributed by atoms with Crippen LogP contribution >= 0.6 is 11.6 Å². The smallest absolute Gasteiger partial charge is 0.243 e. The zero-order valence-corrected chi connectivity index (χ0v) is 11.2. The zero-order valence-electron chi connectivity index (χ0n) is 10.5. The van der Waals surface area contributed by atoms with Crippen molar-refractivity contribution >= 4 is 23.2 Å².